The summed E-state index contributed by atoms with van der Waals surface area (Å²) in [6.07, 6.45) is 0.690. The first kappa shape index (κ1) is 17.1. The molecule has 0 aliphatic carbocycles. The Labute approximate surface area is 135 Å². The molecule has 2 rings (SSSR count). The molecule has 0 aromatic heterocycles. The molecule has 1 heterocycles. The smallest absolute Gasteiger partial charge is 0.243 e. The fourth-order valence-electron chi connectivity index (χ4n) is 2.19. The summed E-state index contributed by atoms with van der Waals surface area (Å²) in [6.45, 7) is 5.09. The van der Waals surface area contributed by atoms with Crippen molar-refractivity contribution in [3.8, 4) is 5.75 Å². The van der Waals surface area contributed by atoms with Gasteiger partial charge in [-0.1, -0.05) is 11.6 Å². The van der Waals surface area contributed by atoms with Gasteiger partial charge in [0.15, 0.2) is 0 Å². The molecule has 22 heavy (non-hydrogen) atoms. The molecule has 1 aliphatic rings. The van der Waals surface area contributed by atoms with Gasteiger partial charge in [-0.25, -0.2) is 8.42 Å². The van der Waals surface area contributed by atoms with Gasteiger partial charge in [-0.15, -0.1) is 0 Å². The number of benzene rings is 1. The Balaban J connectivity index is 2.19. The van der Waals surface area contributed by atoms with Gasteiger partial charge in [0.05, 0.1) is 16.0 Å². The lowest BCUT2D eigenvalue weighted by molar-refractivity contribution is -0.119. The van der Waals surface area contributed by atoms with E-state index in [4.69, 9.17) is 16.3 Å². The molecule has 0 spiro atoms. The highest BCUT2D eigenvalue weighted by Crippen LogP contribution is 2.29. The van der Waals surface area contributed by atoms with E-state index in [9.17, 15) is 13.2 Å². The lowest BCUT2D eigenvalue weighted by atomic mass is 10.3. The highest BCUT2D eigenvalue weighted by Gasteiger charge is 2.28. The van der Waals surface area contributed by atoms with Crippen LogP contribution in [0.2, 0.25) is 5.02 Å². The summed E-state index contributed by atoms with van der Waals surface area (Å²) in [5, 5.41) is 0.265. The van der Waals surface area contributed by atoms with Crippen molar-refractivity contribution in [2.24, 2.45) is 0 Å². The number of carbonyl (C=O) groups excluding carboxylic acids is 1. The van der Waals surface area contributed by atoms with E-state index < -0.39 is 10.0 Å². The average Bonchev–Trinajstić information content (AvgIpc) is 2.49. The quantitative estimate of drug-likeness (QED) is 0.759. The van der Waals surface area contributed by atoms with Crippen molar-refractivity contribution < 1.29 is 17.9 Å². The van der Waals surface area contributed by atoms with Gasteiger partial charge >= 0.3 is 0 Å². The van der Waals surface area contributed by atoms with Crippen LogP contribution in [0.1, 0.15) is 13.8 Å². The fraction of sp³-hybridized carbons (Fsp3) is 0.500. The number of halogens is 1. The zero-order chi connectivity index (χ0) is 16.3. The Morgan fingerprint density at radius 2 is 1.86 bits per heavy atom. The maximum atomic E-state index is 12.6. The summed E-state index contributed by atoms with van der Waals surface area (Å²) in [7, 11) is -3.61. The van der Waals surface area contributed by atoms with Crippen LogP contribution in [-0.4, -0.2) is 56.3 Å². The molecule has 1 saturated heterocycles. The van der Waals surface area contributed by atoms with Crippen LogP contribution >= 0.6 is 11.6 Å². The second kappa shape index (κ2) is 6.85. The van der Waals surface area contributed by atoms with Crippen LogP contribution in [0.4, 0.5) is 0 Å². The third kappa shape index (κ3) is 3.71. The fourth-order valence-corrected chi connectivity index (χ4v) is 3.93. The van der Waals surface area contributed by atoms with E-state index in [1.807, 2.05) is 13.8 Å². The molecule has 0 N–H and O–H groups in total. The van der Waals surface area contributed by atoms with Crippen LogP contribution in [0.3, 0.4) is 0 Å². The van der Waals surface area contributed by atoms with E-state index in [1.54, 1.807) is 11.0 Å². The maximum Gasteiger partial charge on any atom is 0.243 e. The highest BCUT2D eigenvalue weighted by molar-refractivity contribution is 7.89. The van der Waals surface area contributed by atoms with Crippen molar-refractivity contribution in [2.45, 2.75) is 24.8 Å². The Bertz CT molecular complexity index is 640. The van der Waals surface area contributed by atoms with Gasteiger partial charge in [-0.2, -0.15) is 4.31 Å². The molecule has 1 aromatic rings. The SMILES string of the molecule is CC(C)Oc1ccc(S(=O)(=O)N2CCN(C=O)CC2)cc1Cl. The minimum Gasteiger partial charge on any atom is -0.489 e. The first-order valence-electron chi connectivity index (χ1n) is 7.00. The molecule has 1 aromatic carbocycles. The molecule has 1 fully saturated rings. The van der Waals surface area contributed by atoms with Gasteiger partial charge < -0.3 is 9.64 Å². The Morgan fingerprint density at radius 1 is 1.23 bits per heavy atom. The maximum absolute atomic E-state index is 12.6. The number of amides is 1. The van der Waals surface area contributed by atoms with Crippen LogP contribution in [0.25, 0.3) is 0 Å². The van der Waals surface area contributed by atoms with Crippen LogP contribution < -0.4 is 4.74 Å². The number of hydrogen-bond acceptors (Lipinski definition) is 4. The second-order valence-corrected chi connectivity index (χ2v) is 7.65. The number of rotatable bonds is 5. The number of ether oxygens (including phenoxy) is 1. The molecule has 0 unspecified atom stereocenters. The van der Waals surface area contributed by atoms with Gasteiger partial charge in [0.25, 0.3) is 0 Å². The molecule has 0 radical (unpaired) electrons. The zero-order valence-electron chi connectivity index (χ0n) is 12.5. The van der Waals surface area contributed by atoms with E-state index in [0.717, 1.165) is 6.41 Å². The van der Waals surface area contributed by atoms with Crippen LogP contribution in [-0.2, 0) is 14.8 Å². The molecule has 1 aliphatic heterocycles. The van der Waals surface area contributed by atoms with Crippen LogP contribution in [0.15, 0.2) is 23.1 Å². The monoisotopic (exact) mass is 346 g/mol. The second-order valence-electron chi connectivity index (χ2n) is 5.30. The molecule has 122 valence electrons. The average molecular weight is 347 g/mol. The van der Waals surface area contributed by atoms with Gasteiger partial charge in [0, 0.05) is 26.2 Å². The summed E-state index contributed by atoms with van der Waals surface area (Å²) in [4.78, 5) is 12.4. The Morgan fingerprint density at radius 3 is 2.36 bits per heavy atom. The van der Waals surface area contributed by atoms with Gasteiger partial charge in [0.2, 0.25) is 16.4 Å². The van der Waals surface area contributed by atoms with Crippen molar-refractivity contribution in [3.05, 3.63) is 23.2 Å². The van der Waals surface area contributed by atoms with Crippen molar-refractivity contribution in [1.29, 1.82) is 0 Å². The van der Waals surface area contributed by atoms with Gasteiger partial charge in [-0.05, 0) is 32.0 Å². The molecular formula is C14H19ClN2O4S. The molecule has 0 atom stereocenters. The number of nitrogens with zero attached hydrogens (tertiary/aromatic N) is 2. The topological polar surface area (TPSA) is 66.9 Å². The number of sulfonamides is 1. The van der Waals surface area contributed by atoms with E-state index in [2.05, 4.69) is 0 Å². The molecule has 0 saturated carbocycles. The molecule has 0 bridgehead atoms. The normalized spacial score (nSPS) is 16.8. The third-order valence-corrected chi connectivity index (χ3v) is 5.52. The van der Waals surface area contributed by atoms with Crippen molar-refractivity contribution in [3.63, 3.8) is 0 Å². The summed E-state index contributed by atoms with van der Waals surface area (Å²) < 4.78 is 32.0. The predicted octanol–water partition coefficient (Wildman–Crippen LogP) is 1.59. The molecule has 1 amide bonds. The first-order chi connectivity index (χ1) is 10.3. The standard InChI is InChI=1S/C14H19ClN2O4S/c1-11(2)21-14-4-3-12(9-13(14)15)22(19,20)17-7-5-16(10-18)6-8-17/h3-4,9-11H,5-8H2,1-2H3. The number of hydrogen-bond donors (Lipinski definition) is 0. The summed E-state index contributed by atoms with van der Waals surface area (Å²) >= 11 is 6.10. The first-order valence-corrected chi connectivity index (χ1v) is 8.82. The van der Waals surface area contributed by atoms with E-state index in [1.165, 1.54) is 16.4 Å². The van der Waals surface area contributed by atoms with Crippen LogP contribution in [0.5, 0.6) is 5.75 Å². The predicted molar refractivity (Wildman–Crippen MR) is 83.6 cm³/mol. The summed E-state index contributed by atoms with van der Waals surface area (Å²) in [5.41, 5.74) is 0. The minimum absolute atomic E-state index is 0.0450. The van der Waals surface area contributed by atoms with E-state index >= 15 is 0 Å². The Hall–Kier alpha value is -1.31. The summed E-state index contributed by atoms with van der Waals surface area (Å²) in [5.74, 6) is 0.460. The van der Waals surface area contributed by atoms with Gasteiger partial charge in [0.1, 0.15) is 5.75 Å². The number of carbonyl (C=O) groups is 1. The molecule has 6 nitrogen and oxygen atoms in total. The van der Waals surface area contributed by atoms with Gasteiger partial charge in [-0.3, -0.25) is 4.79 Å². The van der Waals surface area contributed by atoms with Crippen molar-refractivity contribution in [2.75, 3.05) is 26.2 Å². The van der Waals surface area contributed by atoms with E-state index in [0.29, 0.717) is 18.8 Å². The zero-order valence-corrected chi connectivity index (χ0v) is 14.1. The highest BCUT2D eigenvalue weighted by atomic mass is 35.5. The number of piperazine rings is 1. The Kier molecular flexibility index (Phi) is 5.31. The molecular weight excluding hydrogens is 328 g/mol. The van der Waals surface area contributed by atoms with E-state index in [-0.39, 0.29) is 29.1 Å². The van der Waals surface area contributed by atoms with Crippen molar-refractivity contribution in [1.82, 2.24) is 9.21 Å². The van der Waals surface area contributed by atoms with Crippen LogP contribution in [0, 0.1) is 0 Å². The minimum atomic E-state index is -3.61. The lowest BCUT2D eigenvalue weighted by Gasteiger charge is -2.31. The largest absolute Gasteiger partial charge is 0.489 e. The lowest BCUT2D eigenvalue weighted by Crippen LogP contribution is -2.47. The third-order valence-electron chi connectivity index (χ3n) is 3.33. The molecule has 8 heteroatoms. The summed E-state index contributed by atoms with van der Waals surface area (Å²) in [6, 6.07) is 4.46. The van der Waals surface area contributed by atoms with Crippen molar-refractivity contribution >= 4 is 28.0 Å².